The topological polar surface area (TPSA) is 16.3 Å². The number of anilines is 5. The average Bonchev–Trinajstić information content (AvgIpc) is 4.08. The molecule has 0 N–H and O–H groups in total. The summed E-state index contributed by atoms with van der Waals surface area (Å²) in [4.78, 5) is 4.82. The molecule has 360 valence electrons. The predicted octanol–water partition coefficient (Wildman–Crippen LogP) is 19.4. The number of nitrogens with zero attached hydrogens (tertiary/aromatic N) is 4. The van der Waals surface area contributed by atoms with E-state index in [9.17, 15) is 0 Å². The summed E-state index contributed by atoms with van der Waals surface area (Å²) in [5.41, 5.74) is 19.5. The summed E-state index contributed by atoms with van der Waals surface area (Å²) < 4.78 is 4.80. The molecular weight excluding hydrogens is 921 g/mol. The van der Waals surface area contributed by atoms with Gasteiger partial charge in [0, 0.05) is 61.4 Å². The van der Waals surface area contributed by atoms with E-state index in [1.807, 2.05) is 0 Å². The molecule has 76 heavy (non-hydrogen) atoms. The second kappa shape index (κ2) is 19.2. The van der Waals surface area contributed by atoms with Crippen molar-refractivity contribution in [1.29, 1.82) is 0 Å². The number of hydrogen-bond donors (Lipinski definition) is 0. The number of allylic oxidation sites excluding steroid dienone is 2. The summed E-state index contributed by atoms with van der Waals surface area (Å²) in [5, 5.41) is 4.93. The SMILES string of the molecule is C1=CCC(N(c2ccccc2)c2ccc(N(c3ccccc3)c3cccc(-c4cc(-c5ccc6c(c5)c5ccccc5n6-c5ccccc5)cc(-c5ccc6c7ccccc7n(-c7ccccc7)c6c5)c4)c3)cc2)C=C1. The zero-order chi connectivity index (χ0) is 50.4. The van der Waals surface area contributed by atoms with Crippen LogP contribution in [0.5, 0.6) is 0 Å². The molecule has 0 spiro atoms. The molecule has 1 aliphatic carbocycles. The monoisotopic (exact) mass is 972 g/mol. The molecule has 4 heteroatoms. The number of aromatic nitrogens is 2. The van der Waals surface area contributed by atoms with Crippen molar-refractivity contribution in [3.05, 3.63) is 297 Å². The fourth-order valence-electron chi connectivity index (χ4n) is 11.6. The second-order valence-corrected chi connectivity index (χ2v) is 19.7. The molecule has 0 radical (unpaired) electrons. The van der Waals surface area contributed by atoms with Gasteiger partial charge in [0.15, 0.2) is 0 Å². The average molecular weight is 973 g/mol. The lowest BCUT2D eigenvalue weighted by atomic mass is 9.92. The fraction of sp³-hybridized carbons (Fsp3) is 0.0278. The van der Waals surface area contributed by atoms with Crippen LogP contribution in [0.25, 0.3) is 88.4 Å². The first-order chi connectivity index (χ1) is 37.7. The molecule has 1 aliphatic rings. The van der Waals surface area contributed by atoms with Crippen molar-refractivity contribution < 1.29 is 0 Å². The third-order valence-electron chi connectivity index (χ3n) is 15.1. The van der Waals surface area contributed by atoms with Crippen molar-refractivity contribution in [2.75, 3.05) is 9.80 Å². The molecule has 11 aromatic carbocycles. The quantitative estimate of drug-likeness (QED) is 0.128. The van der Waals surface area contributed by atoms with Crippen LogP contribution in [0, 0.1) is 0 Å². The van der Waals surface area contributed by atoms with Gasteiger partial charge in [0.05, 0.1) is 28.1 Å². The number of hydrogen-bond acceptors (Lipinski definition) is 2. The molecule has 0 fully saturated rings. The van der Waals surface area contributed by atoms with Gasteiger partial charge in [-0.25, -0.2) is 0 Å². The Labute approximate surface area is 443 Å². The molecule has 0 aliphatic heterocycles. The number of para-hydroxylation sites is 6. The highest BCUT2D eigenvalue weighted by atomic mass is 15.2. The molecule has 13 aromatic rings. The van der Waals surface area contributed by atoms with E-state index in [4.69, 9.17) is 0 Å². The van der Waals surface area contributed by atoms with Gasteiger partial charge in [0.2, 0.25) is 0 Å². The van der Waals surface area contributed by atoms with Crippen molar-refractivity contribution in [3.63, 3.8) is 0 Å². The van der Waals surface area contributed by atoms with Crippen molar-refractivity contribution in [2.24, 2.45) is 0 Å². The van der Waals surface area contributed by atoms with Gasteiger partial charge in [-0.3, -0.25) is 0 Å². The van der Waals surface area contributed by atoms with Crippen LogP contribution in [0.4, 0.5) is 28.4 Å². The van der Waals surface area contributed by atoms with Gasteiger partial charge >= 0.3 is 0 Å². The minimum atomic E-state index is 0.216. The summed E-state index contributed by atoms with van der Waals surface area (Å²) in [7, 11) is 0. The minimum Gasteiger partial charge on any atom is -0.334 e. The highest BCUT2D eigenvalue weighted by Gasteiger charge is 2.22. The van der Waals surface area contributed by atoms with Crippen LogP contribution < -0.4 is 9.80 Å². The fourth-order valence-corrected chi connectivity index (χ4v) is 11.6. The van der Waals surface area contributed by atoms with Crippen LogP contribution >= 0.6 is 0 Å². The highest BCUT2D eigenvalue weighted by molar-refractivity contribution is 6.12. The molecule has 2 aromatic heterocycles. The van der Waals surface area contributed by atoms with Crippen molar-refractivity contribution in [1.82, 2.24) is 9.13 Å². The zero-order valence-corrected chi connectivity index (χ0v) is 41.9. The lowest BCUT2D eigenvalue weighted by molar-refractivity contribution is 0.785. The Morgan fingerprint density at radius 3 is 1.38 bits per heavy atom. The van der Waals surface area contributed by atoms with Crippen LogP contribution in [-0.2, 0) is 0 Å². The molecule has 4 nitrogen and oxygen atoms in total. The molecular formula is C72H52N4. The number of benzene rings is 11. The maximum Gasteiger partial charge on any atom is 0.0559 e. The van der Waals surface area contributed by atoms with E-state index in [1.165, 1.54) is 49.3 Å². The molecule has 1 unspecified atom stereocenters. The Balaban J connectivity index is 0.927. The minimum absolute atomic E-state index is 0.216. The first kappa shape index (κ1) is 44.8. The first-order valence-corrected chi connectivity index (χ1v) is 26.3. The van der Waals surface area contributed by atoms with Crippen LogP contribution in [0.1, 0.15) is 6.42 Å². The van der Waals surface area contributed by atoms with Crippen molar-refractivity contribution in [3.8, 4) is 44.8 Å². The molecule has 0 saturated heterocycles. The van der Waals surface area contributed by atoms with Crippen LogP contribution in [0.2, 0.25) is 0 Å². The van der Waals surface area contributed by atoms with Gasteiger partial charge in [-0.05, 0) is 173 Å². The van der Waals surface area contributed by atoms with Crippen LogP contribution in [0.3, 0.4) is 0 Å². The van der Waals surface area contributed by atoms with E-state index >= 15 is 0 Å². The summed E-state index contributed by atoms with van der Waals surface area (Å²) in [5.74, 6) is 0. The molecule has 2 heterocycles. The Morgan fingerprint density at radius 1 is 0.289 bits per heavy atom. The summed E-state index contributed by atoms with van der Waals surface area (Å²) in [6.07, 6.45) is 9.80. The first-order valence-electron chi connectivity index (χ1n) is 26.3. The van der Waals surface area contributed by atoms with Gasteiger partial charge < -0.3 is 18.9 Å². The summed E-state index contributed by atoms with van der Waals surface area (Å²) in [6.45, 7) is 0. The standard InChI is InChI=1S/C72H52N4/c1-6-22-57(23-7-1)73(58-24-8-2-9-25-58)62-39-41-63(42-40-62)74(59-26-10-3-11-27-59)64-32-20-21-51(48-64)54-45-55(52-38-44-71-68(49-52)66-34-17-19-36-70(66)75(71)60-28-12-4-13-29-60)47-56(46-54)53-37-43-67-65-33-16-18-35-69(65)76(72(67)50-53)61-30-14-5-15-31-61/h1-24,26-50,58H,25H2. The molecule has 0 amide bonds. The van der Waals surface area contributed by atoms with Crippen molar-refractivity contribution >= 4 is 72.0 Å². The number of fused-ring (bicyclic) bond motifs is 6. The summed E-state index contributed by atoms with van der Waals surface area (Å²) in [6, 6.07) is 100.0. The Kier molecular flexibility index (Phi) is 11.3. The highest BCUT2D eigenvalue weighted by Crippen LogP contribution is 2.43. The van der Waals surface area contributed by atoms with Crippen LogP contribution in [0.15, 0.2) is 297 Å². The normalized spacial score (nSPS) is 13.2. The predicted molar refractivity (Wildman–Crippen MR) is 321 cm³/mol. The van der Waals surface area contributed by atoms with Crippen LogP contribution in [-0.4, -0.2) is 15.2 Å². The smallest absolute Gasteiger partial charge is 0.0559 e. The Morgan fingerprint density at radius 2 is 0.750 bits per heavy atom. The molecule has 14 rings (SSSR count). The molecule has 1 atom stereocenters. The maximum absolute atomic E-state index is 2.44. The Hall–Kier alpha value is -9.90. The lowest BCUT2D eigenvalue weighted by Crippen LogP contribution is -2.29. The third-order valence-corrected chi connectivity index (χ3v) is 15.1. The lowest BCUT2D eigenvalue weighted by Gasteiger charge is -2.33. The van der Waals surface area contributed by atoms with E-state index in [-0.39, 0.29) is 6.04 Å². The number of rotatable bonds is 11. The van der Waals surface area contributed by atoms with E-state index in [1.54, 1.807) is 0 Å². The van der Waals surface area contributed by atoms with Gasteiger partial charge in [0.1, 0.15) is 0 Å². The van der Waals surface area contributed by atoms with Gasteiger partial charge in [-0.2, -0.15) is 0 Å². The van der Waals surface area contributed by atoms with Gasteiger partial charge in [-0.1, -0.05) is 164 Å². The maximum atomic E-state index is 2.44. The third kappa shape index (κ3) is 8.05. The van der Waals surface area contributed by atoms with E-state index in [0.29, 0.717) is 0 Å². The van der Waals surface area contributed by atoms with Gasteiger partial charge in [0.25, 0.3) is 0 Å². The van der Waals surface area contributed by atoms with E-state index < -0.39 is 0 Å². The Bertz CT molecular complexity index is 4300. The largest absolute Gasteiger partial charge is 0.334 e. The second-order valence-electron chi connectivity index (χ2n) is 19.7. The van der Waals surface area contributed by atoms with Gasteiger partial charge in [-0.15, -0.1) is 0 Å². The summed E-state index contributed by atoms with van der Waals surface area (Å²) >= 11 is 0. The molecule has 0 bridgehead atoms. The molecule has 0 saturated carbocycles. The van der Waals surface area contributed by atoms with E-state index in [0.717, 1.165) is 73.9 Å². The zero-order valence-electron chi connectivity index (χ0n) is 41.9. The van der Waals surface area contributed by atoms with Crippen molar-refractivity contribution in [2.45, 2.75) is 12.5 Å². The van der Waals surface area contributed by atoms with E-state index in [2.05, 4.69) is 316 Å².